The van der Waals surface area contributed by atoms with E-state index in [0.717, 1.165) is 32.6 Å². The third-order valence-electron chi connectivity index (χ3n) is 3.94. The molecule has 0 aliphatic carbocycles. The molecule has 2 N–H and O–H groups in total. The van der Waals surface area contributed by atoms with Crippen molar-refractivity contribution < 1.29 is 14.7 Å². The minimum absolute atomic E-state index is 0.0437. The molecule has 2 amide bonds. The molecule has 0 aromatic heterocycles. The highest BCUT2D eigenvalue weighted by Gasteiger charge is 2.23. The van der Waals surface area contributed by atoms with Crippen molar-refractivity contribution in [2.75, 3.05) is 32.7 Å². The van der Waals surface area contributed by atoms with E-state index in [1.165, 1.54) is 0 Å². The number of carbonyl (C=O) groups excluding carboxylic acids is 1. The predicted octanol–water partition coefficient (Wildman–Crippen LogP) is 1.22. The highest BCUT2D eigenvalue weighted by Crippen LogP contribution is 2.09. The van der Waals surface area contributed by atoms with Crippen molar-refractivity contribution in [1.82, 2.24) is 15.1 Å². The summed E-state index contributed by atoms with van der Waals surface area (Å²) in [6, 6.07) is 0.488. The van der Waals surface area contributed by atoms with Crippen molar-refractivity contribution in [3.05, 3.63) is 0 Å². The largest absolute Gasteiger partial charge is 0.481 e. The molecule has 0 bridgehead atoms. The van der Waals surface area contributed by atoms with E-state index in [4.69, 9.17) is 5.11 Å². The monoisotopic (exact) mass is 285 g/mol. The second-order valence-electron chi connectivity index (χ2n) is 5.67. The number of carbonyl (C=O) groups is 2. The average molecular weight is 285 g/mol. The summed E-state index contributed by atoms with van der Waals surface area (Å²) in [6.07, 6.45) is 1.21. The Labute approximate surface area is 121 Å². The Balaban J connectivity index is 2.27. The van der Waals surface area contributed by atoms with E-state index in [9.17, 15) is 9.59 Å². The van der Waals surface area contributed by atoms with E-state index < -0.39 is 5.97 Å². The molecular formula is C14H27N3O3. The van der Waals surface area contributed by atoms with Gasteiger partial charge in [0.2, 0.25) is 0 Å². The first-order chi connectivity index (χ1) is 9.43. The zero-order valence-corrected chi connectivity index (χ0v) is 12.8. The Morgan fingerprint density at radius 2 is 1.80 bits per heavy atom. The molecule has 2 unspecified atom stereocenters. The fourth-order valence-corrected chi connectivity index (χ4v) is 2.37. The number of hydrogen-bond donors (Lipinski definition) is 2. The Bertz CT molecular complexity index is 328. The molecule has 1 rings (SSSR count). The van der Waals surface area contributed by atoms with Gasteiger partial charge in [0.15, 0.2) is 0 Å². The van der Waals surface area contributed by atoms with Crippen LogP contribution in [0.1, 0.15) is 33.6 Å². The highest BCUT2D eigenvalue weighted by atomic mass is 16.4. The Morgan fingerprint density at radius 1 is 1.20 bits per heavy atom. The average Bonchev–Trinajstić information content (AvgIpc) is 2.43. The van der Waals surface area contributed by atoms with Crippen LogP contribution in [0.15, 0.2) is 0 Å². The third kappa shape index (κ3) is 5.36. The lowest BCUT2D eigenvalue weighted by molar-refractivity contribution is -0.137. The van der Waals surface area contributed by atoms with E-state index in [1.807, 2.05) is 11.8 Å². The van der Waals surface area contributed by atoms with Gasteiger partial charge in [0.25, 0.3) is 0 Å². The van der Waals surface area contributed by atoms with Gasteiger partial charge in [-0.2, -0.15) is 0 Å². The van der Waals surface area contributed by atoms with Gasteiger partial charge in [-0.15, -0.1) is 0 Å². The maximum atomic E-state index is 12.0. The van der Waals surface area contributed by atoms with Crippen LogP contribution in [-0.4, -0.2) is 65.7 Å². The van der Waals surface area contributed by atoms with Crippen molar-refractivity contribution >= 4 is 12.0 Å². The van der Waals surface area contributed by atoms with Crippen LogP contribution in [0.25, 0.3) is 0 Å². The van der Waals surface area contributed by atoms with E-state index >= 15 is 0 Å². The first-order valence-electron chi connectivity index (χ1n) is 7.42. The first-order valence-corrected chi connectivity index (χ1v) is 7.42. The highest BCUT2D eigenvalue weighted by molar-refractivity contribution is 5.74. The van der Waals surface area contributed by atoms with Crippen molar-refractivity contribution in [3.63, 3.8) is 0 Å². The number of aliphatic carboxylic acids is 1. The van der Waals surface area contributed by atoms with Crippen molar-refractivity contribution in [1.29, 1.82) is 0 Å². The molecule has 116 valence electrons. The van der Waals surface area contributed by atoms with Gasteiger partial charge >= 0.3 is 12.0 Å². The summed E-state index contributed by atoms with van der Waals surface area (Å²) in [5, 5.41) is 11.5. The first kappa shape index (κ1) is 16.8. The van der Waals surface area contributed by atoms with Gasteiger partial charge in [-0.25, -0.2) is 4.79 Å². The van der Waals surface area contributed by atoms with E-state index in [1.54, 1.807) is 0 Å². The SMILES string of the molecule is CCC(C)N1CCN(C(=O)NCC(C)CC(=O)O)CC1. The van der Waals surface area contributed by atoms with Crippen LogP contribution in [0.2, 0.25) is 0 Å². The minimum Gasteiger partial charge on any atom is -0.481 e. The normalized spacial score (nSPS) is 19.4. The summed E-state index contributed by atoms with van der Waals surface area (Å²) in [7, 11) is 0. The van der Waals surface area contributed by atoms with Gasteiger partial charge in [-0.3, -0.25) is 9.69 Å². The second kappa shape index (κ2) is 8.09. The summed E-state index contributed by atoms with van der Waals surface area (Å²) in [5.74, 6) is -0.869. The minimum atomic E-state index is -0.825. The number of carboxylic acid groups (broad SMARTS) is 1. The number of piperazine rings is 1. The Hall–Kier alpha value is -1.30. The van der Waals surface area contributed by atoms with Crippen LogP contribution in [-0.2, 0) is 4.79 Å². The van der Waals surface area contributed by atoms with Gasteiger partial charge in [-0.1, -0.05) is 13.8 Å². The van der Waals surface area contributed by atoms with Gasteiger partial charge in [0.05, 0.1) is 0 Å². The lowest BCUT2D eigenvalue weighted by Gasteiger charge is -2.37. The lowest BCUT2D eigenvalue weighted by Crippen LogP contribution is -2.54. The zero-order chi connectivity index (χ0) is 15.1. The molecule has 1 aliphatic rings. The van der Waals surface area contributed by atoms with Gasteiger partial charge in [0.1, 0.15) is 0 Å². The number of nitrogens with zero attached hydrogens (tertiary/aromatic N) is 2. The molecule has 2 atom stereocenters. The zero-order valence-electron chi connectivity index (χ0n) is 12.8. The lowest BCUT2D eigenvalue weighted by atomic mass is 10.1. The van der Waals surface area contributed by atoms with Crippen LogP contribution in [0.4, 0.5) is 4.79 Å². The molecule has 0 radical (unpaired) electrons. The maximum absolute atomic E-state index is 12.0. The molecule has 1 aliphatic heterocycles. The number of hydrogen-bond acceptors (Lipinski definition) is 3. The third-order valence-corrected chi connectivity index (χ3v) is 3.94. The Kier molecular flexibility index (Phi) is 6.78. The molecule has 0 spiro atoms. The van der Waals surface area contributed by atoms with Crippen molar-refractivity contribution in [2.45, 2.75) is 39.7 Å². The number of nitrogens with one attached hydrogen (secondary N) is 1. The molecule has 6 heteroatoms. The summed E-state index contributed by atoms with van der Waals surface area (Å²) >= 11 is 0. The fraction of sp³-hybridized carbons (Fsp3) is 0.857. The van der Waals surface area contributed by atoms with Crippen LogP contribution in [0.5, 0.6) is 0 Å². The van der Waals surface area contributed by atoms with Crippen LogP contribution < -0.4 is 5.32 Å². The van der Waals surface area contributed by atoms with E-state index in [-0.39, 0.29) is 18.4 Å². The quantitative estimate of drug-likeness (QED) is 0.769. The van der Waals surface area contributed by atoms with E-state index in [0.29, 0.717) is 12.6 Å². The molecule has 20 heavy (non-hydrogen) atoms. The fourth-order valence-electron chi connectivity index (χ4n) is 2.37. The summed E-state index contributed by atoms with van der Waals surface area (Å²) < 4.78 is 0. The summed E-state index contributed by atoms with van der Waals surface area (Å²) in [6.45, 7) is 9.93. The molecule has 1 heterocycles. The van der Waals surface area contributed by atoms with E-state index in [2.05, 4.69) is 24.1 Å². The Morgan fingerprint density at radius 3 is 2.30 bits per heavy atom. The number of carboxylic acids is 1. The van der Waals surface area contributed by atoms with Gasteiger partial charge in [0, 0.05) is 45.2 Å². The van der Waals surface area contributed by atoms with Crippen molar-refractivity contribution in [3.8, 4) is 0 Å². The van der Waals surface area contributed by atoms with Crippen LogP contribution in [0, 0.1) is 5.92 Å². The molecule has 0 saturated carbocycles. The van der Waals surface area contributed by atoms with Crippen molar-refractivity contribution in [2.24, 2.45) is 5.92 Å². The number of urea groups is 1. The molecule has 6 nitrogen and oxygen atoms in total. The number of amides is 2. The summed E-state index contributed by atoms with van der Waals surface area (Å²) in [4.78, 5) is 26.8. The van der Waals surface area contributed by atoms with Crippen LogP contribution >= 0.6 is 0 Å². The molecule has 0 aromatic carbocycles. The predicted molar refractivity (Wildman–Crippen MR) is 77.7 cm³/mol. The molecular weight excluding hydrogens is 258 g/mol. The number of rotatable bonds is 6. The topological polar surface area (TPSA) is 72.9 Å². The standard InChI is InChI=1S/C14H27N3O3/c1-4-12(3)16-5-7-17(8-6-16)14(20)15-10-11(2)9-13(18)19/h11-12H,4-10H2,1-3H3,(H,15,20)(H,18,19). The van der Waals surface area contributed by atoms with Gasteiger partial charge in [-0.05, 0) is 19.3 Å². The van der Waals surface area contributed by atoms with Crippen LogP contribution in [0.3, 0.4) is 0 Å². The smallest absolute Gasteiger partial charge is 0.317 e. The molecule has 1 saturated heterocycles. The molecule has 0 aromatic rings. The summed E-state index contributed by atoms with van der Waals surface area (Å²) in [5.41, 5.74) is 0. The maximum Gasteiger partial charge on any atom is 0.317 e. The molecule has 1 fully saturated rings. The van der Waals surface area contributed by atoms with Gasteiger partial charge < -0.3 is 15.3 Å². The second-order valence-corrected chi connectivity index (χ2v) is 5.67.